The Morgan fingerprint density at radius 1 is 1.00 bits per heavy atom. The Balaban J connectivity index is 1.50. The van der Waals surface area contributed by atoms with E-state index in [9.17, 15) is 28.8 Å². The number of ether oxygens (including phenoxy) is 4. The van der Waals surface area contributed by atoms with Gasteiger partial charge in [-0.15, -0.1) is 0 Å². The molecule has 11 nitrogen and oxygen atoms in total. The molecule has 5 aliphatic carbocycles. The molecule has 3 unspecified atom stereocenters. The highest BCUT2D eigenvalue weighted by atomic mass is 16.6. The maximum absolute atomic E-state index is 14.4. The molecule has 13 atom stereocenters. The van der Waals surface area contributed by atoms with Crippen LogP contribution in [0, 0.1) is 63.1 Å². The molecule has 53 heavy (non-hydrogen) atoms. The highest BCUT2D eigenvalue weighted by Gasteiger charge is 2.85. The maximum atomic E-state index is 14.4. The van der Waals surface area contributed by atoms with Crippen molar-refractivity contribution in [1.29, 1.82) is 0 Å². The molecule has 0 aromatic heterocycles. The molecule has 0 heterocycles. The highest BCUT2D eigenvalue weighted by molar-refractivity contribution is 6.00. The summed E-state index contributed by atoms with van der Waals surface area (Å²) in [6.07, 6.45) is 5.61. The fourth-order valence-corrected chi connectivity index (χ4v) is 12.4. The first-order chi connectivity index (χ1) is 24.5. The fourth-order valence-electron chi connectivity index (χ4n) is 12.4. The van der Waals surface area contributed by atoms with E-state index < -0.39 is 71.4 Å². The predicted octanol–water partition coefficient (Wildman–Crippen LogP) is 6.57. The van der Waals surface area contributed by atoms with Crippen molar-refractivity contribution in [1.82, 2.24) is 5.32 Å². The predicted molar refractivity (Wildman–Crippen MR) is 196 cm³/mol. The van der Waals surface area contributed by atoms with Gasteiger partial charge in [-0.3, -0.25) is 24.0 Å². The van der Waals surface area contributed by atoms with Crippen LogP contribution in [0.15, 0.2) is 24.3 Å². The van der Waals surface area contributed by atoms with E-state index in [1.807, 2.05) is 13.0 Å². The quantitative estimate of drug-likeness (QED) is 0.140. The van der Waals surface area contributed by atoms with Gasteiger partial charge in [0.05, 0.1) is 6.61 Å². The number of Topliss-reactive ketones (excluding diaryl/α,β-unsaturated/α-hetero) is 1. The van der Waals surface area contributed by atoms with Crippen LogP contribution < -0.4 is 5.32 Å². The molecule has 0 radical (unpaired) electrons. The van der Waals surface area contributed by atoms with Gasteiger partial charge in [0.1, 0.15) is 18.2 Å². The van der Waals surface area contributed by atoms with Crippen LogP contribution in [0.4, 0.5) is 4.79 Å². The summed E-state index contributed by atoms with van der Waals surface area (Å²) in [5, 5.41) is 2.42. The van der Waals surface area contributed by atoms with Gasteiger partial charge in [0.25, 0.3) is 0 Å². The third kappa shape index (κ3) is 6.55. The van der Waals surface area contributed by atoms with Crippen LogP contribution in [0.5, 0.6) is 0 Å². The molecule has 294 valence electrons. The second-order valence-electron chi connectivity index (χ2n) is 18.4. The molecular formula is C42H61NO10. The van der Waals surface area contributed by atoms with Crippen LogP contribution in [-0.4, -0.2) is 66.5 Å². The smallest absolute Gasteiger partial charge is 0.408 e. The van der Waals surface area contributed by atoms with Crippen molar-refractivity contribution in [2.45, 2.75) is 126 Å². The molecule has 4 saturated carbocycles. The minimum atomic E-state index is -1.33. The van der Waals surface area contributed by atoms with Gasteiger partial charge in [0.2, 0.25) is 0 Å². The van der Waals surface area contributed by atoms with Gasteiger partial charge in [-0.05, 0) is 98.5 Å². The number of ketones is 2. The normalized spacial score (nSPS) is 38.4. The van der Waals surface area contributed by atoms with Crippen molar-refractivity contribution in [3.05, 3.63) is 24.3 Å². The van der Waals surface area contributed by atoms with Gasteiger partial charge in [0, 0.05) is 42.9 Å². The van der Waals surface area contributed by atoms with E-state index in [4.69, 9.17) is 18.9 Å². The zero-order chi connectivity index (χ0) is 39.6. The molecule has 0 aromatic carbocycles. The molecule has 0 aliphatic heterocycles. The molecule has 5 rings (SSSR count). The number of fused-ring (bicyclic) bond motifs is 2. The third-order valence-corrected chi connectivity index (χ3v) is 14.8. The molecule has 0 bridgehead atoms. The van der Waals surface area contributed by atoms with Gasteiger partial charge in [-0.1, -0.05) is 54.2 Å². The lowest BCUT2D eigenvalue weighted by Gasteiger charge is -2.61. The molecule has 0 aromatic rings. The van der Waals surface area contributed by atoms with Crippen molar-refractivity contribution in [2.24, 2.45) is 63.1 Å². The minimum Gasteiger partial charge on any atom is -0.465 e. The monoisotopic (exact) mass is 739 g/mol. The van der Waals surface area contributed by atoms with Gasteiger partial charge < -0.3 is 24.3 Å². The summed E-state index contributed by atoms with van der Waals surface area (Å²) in [5.41, 5.74) is -1.41. The van der Waals surface area contributed by atoms with E-state index in [0.717, 1.165) is 25.7 Å². The molecule has 2 spiro atoms. The van der Waals surface area contributed by atoms with E-state index in [1.165, 1.54) is 13.8 Å². The number of hydrogen-bond acceptors (Lipinski definition) is 10. The van der Waals surface area contributed by atoms with Crippen molar-refractivity contribution >= 4 is 35.6 Å². The average molecular weight is 740 g/mol. The molecule has 1 amide bonds. The van der Waals surface area contributed by atoms with E-state index >= 15 is 0 Å². The Morgan fingerprint density at radius 2 is 1.66 bits per heavy atom. The second kappa shape index (κ2) is 14.0. The van der Waals surface area contributed by atoms with E-state index in [2.05, 4.69) is 45.7 Å². The number of allylic oxidation sites excluding steroid dienone is 2. The first kappa shape index (κ1) is 40.7. The number of esters is 3. The Kier molecular flexibility index (Phi) is 10.7. The molecule has 0 saturated heterocycles. The van der Waals surface area contributed by atoms with Gasteiger partial charge >= 0.3 is 24.0 Å². The van der Waals surface area contributed by atoms with Crippen molar-refractivity contribution in [3.63, 3.8) is 0 Å². The zero-order valence-electron chi connectivity index (χ0n) is 33.6. The van der Waals surface area contributed by atoms with Crippen LogP contribution in [0.2, 0.25) is 0 Å². The lowest BCUT2D eigenvalue weighted by Crippen LogP contribution is -2.56. The summed E-state index contributed by atoms with van der Waals surface area (Å²) in [4.78, 5) is 77.5. The SMILES string of the molecule is C=C(C(=O)[C@H](OC(=O)CNC(=O)OC(C)(C)C)[C@@H](C)C1[C@@H](OC(C)=O)C[C@@]2(C)[C@@H]3CCC4[C@H](C)C(=O)C=CC45[C@@H](C)[C@@]35CC[C@]12C)[C@@H](C)COC(C)=O. The lowest BCUT2D eigenvalue weighted by atomic mass is 9.43. The number of carbonyl (C=O) groups is 6. The van der Waals surface area contributed by atoms with Crippen LogP contribution in [-0.2, 0) is 42.9 Å². The molecule has 4 fully saturated rings. The third-order valence-electron chi connectivity index (χ3n) is 14.8. The van der Waals surface area contributed by atoms with E-state index in [1.54, 1.807) is 27.7 Å². The summed E-state index contributed by atoms with van der Waals surface area (Å²) in [6.45, 7) is 23.8. The number of amides is 1. The minimum absolute atomic E-state index is 0.0170. The molecule has 5 aliphatic rings. The maximum Gasteiger partial charge on any atom is 0.408 e. The summed E-state index contributed by atoms with van der Waals surface area (Å²) >= 11 is 0. The molecular weight excluding hydrogens is 678 g/mol. The van der Waals surface area contributed by atoms with Gasteiger partial charge in [0.15, 0.2) is 17.7 Å². The van der Waals surface area contributed by atoms with Crippen LogP contribution >= 0.6 is 0 Å². The second-order valence-corrected chi connectivity index (χ2v) is 18.4. The first-order valence-corrected chi connectivity index (χ1v) is 19.4. The topological polar surface area (TPSA) is 151 Å². The van der Waals surface area contributed by atoms with Crippen LogP contribution in [0.1, 0.15) is 108 Å². The summed E-state index contributed by atoms with van der Waals surface area (Å²) < 4.78 is 22.7. The van der Waals surface area contributed by atoms with E-state index in [0.29, 0.717) is 18.3 Å². The summed E-state index contributed by atoms with van der Waals surface area (Å²) in [7, 11) is 0. The van der Waals surface area contributed by atoms with Crippen molar-refractivity contribution < 1.29 is 47.7 Å². The Labute approximate surface area is 314 Å². The van der Waals surface area contributed by atoms with Crippen molar-refractivity contribution in [3.8, 4) is 0 Å². The van der Waals surface area contributed by atoms with Gasteiger partial charge in [-0.25, -0.2) is 4.79 Å². The molecule has 1 N–H and O–H groups in total. The van der Waals surface area contributed by atoms with Gasteiger partial charge in [-0.2, -0.15) is 0 Å². The van der Waals surface area contributed by atoms with Crippen molar-refractivity contribution in [2.75, 3.05) is 13.2 Å². The standard InChI is InChI=1S/C42H61NO10/c1-22(21-50-27(6)44)23(2)35(48)36(52-33(47)20-43-37(49)53-38(8,9)10)25(4)34-31(51-28(7)45)19-40(12)32-14-13-29-24(3)30(46)15-16-41(29)26(5)42(32,41)18-17-39(34,40)11/h15-16,22,24-26,29,31-32,34,36H,2,13-14,17-21H2,1,3-12H3,(H,43,49)/t22-,24-,25-,26+,29?,31-,32-,34?,36+,39+,40-,41?,42-/m0/s1. The lowest BCUT2D eigenvalue weighted by molar-refractivity contribution is -0.167. The highest BCUT2D eigenvalue weighted by Crippen LogP contribution is 2.89. The number of rotatable bonds is 11. The van der Waals surface area contributed by atoms with Crippen LogP contribution in [0.3, 0.4) is 0 Å². The number of alkyl carbamates (subject to hydrolysis) is 1. The number of carbonyl (C=O) groups excluding carboxylic acids is 6. The van der Waals surface area contributed by atoms with Crippen LogP contribution in [0.25, 0.3) is 0 Å². The Morgan fingerprint density at radius 3 is 2.26 bits per heavy atom. The average Bonchev–Trinajstić information content (AvgIpc) is 3.49. The Hall–Kier alpha value is -3.50. The number of nitrogens with one attached hydrogen (secondary N) is 1. The fraction of sp³-hybridized carbons (Fsp3) is 0.762. The Bertz CT molecular complexity index is 1590. The zero-order valence-corrected chi connectivity index (χ0v) is 33.6. The molecule has 11 heteroatoms. The first-order valence-electron chi connectivity index (χ1n) is 19.4. The van der Waals surface area contributed by atoms with E-state index in [-0.39, 0.29) is 52.0 Å². The number of hydrogen-bond donors (Lipinski definition) is 1. The summed E-state index contributed by atoms with van der Waals surface area (Å²) in [5.74, 6) is -2.67. The largest absolute Gasteiger partial charge is 0.465 e. The summed E-state index contributed by atoms with van der Waals surface area (Å²) in [6, 6.07) is 0.